The fourth-order valence-corrected chi connectivity index (χ4v) is 6.96. The molecule has 3 aromatic heterocycles. The molecule has 38 heavy (non-hydrogen) atoms. The Labute approximate surface area is 223 Å². The molecule has 1 saturated heterocycles. The third kappa shape index (κ3) is 5.08. The van der Waals surface area contributed by atoms with Gasteiger partial charge in [-0.15, -0.1) is 0 Å². The van der Waals surface area contributed by atoms with Crippen LogP contribution in [0.1, 0.15) is 52.1 Å². The molecule has 2 fully saturated rings. The first-order valence-electron chi connectivity index (χ1n) is 13.7. The number of likely N-dealkylation sites (N-methyl/N-ethyl adjacent to an activating group) is 1. The van der Waals surface area contributed by atoms with E-state index in [0.29, 0.717) is 61.7 Å². The van der Waals surface area contributed by atoms with Crippen molar-refractivity contribution in [3.8, 4) is 17.3 Å². The van der Waals surface area contributed by atoms with E-state index >= 15 is 0 Å². The third-order valence-corrected chi connectivity index (χ3v) is 9.58. The summed E-state index contributed by atoms with van der Waals surface area (Å²) in [6, 6.07) is 1.51. The quantitative estimate of drug-likeness (QED) is 0.437. The predicted molar refractivity (Wildman–Crippen MR) is 145 cm³/mol. The molecule has 1 aliphatic heterocycles. The molecule has 0 unspecified atom stereocenters. The summed E-state index contributed by atoms with van der Waals surface area (Å²) in [6.07, 6.45) is 6.81. The molecule has 0 bridgehead atoms. The number of nitrogens with one attached hydrogen (secondary N) is 1. The zero-order chi connectivity index (χ0) is 26.9. The Morgan fingerprint density at radius 1 is 1.08 bits per heavy atom. The maximum absolute atomic E-state index is 13.5. The summed E-state index contributed by atoms with van der Waals surface area (Å²) in [5, 5.41) is 4.63. The number of rotatable bonds is 9. The number of pyridine rings is 1. The number of fused-ring (bicyclic) bond motifs is 1. The molecule has 0 spiro atoms. The SMILES string of the molecule is CCOc1ncc(S(=O)(=O)N2CCN(CC)CC2)cc1-c1nc2c(CC)n(CC3CCCC3)nc2c(=O)[nH]1. The highest BCUT2D eigenvalue weighted by Crippen LogP contribution is 2.31. The molecule has 5 rings (SSSR count). The van der Waals surface area contributed by atoms with Gasteiger partial charge in [-0.05, 0) is 44.7 Å². The largest absolute Gasteiger partial charge is 0.477 e. The normalized spacial score (nSPS) is 18.0. The van der Waals surface area contributed by atoms with Gasteiger partial charge in [0.05, 0.1) is 24.1 Å². The van der Waals surface area contributed by atoms with Gasteiger partial charge in [-0.1, -0.05) is 26.7 Å². The van der Waals surface area contributed by atoms with Gasteiger partial charge in [-0.25, -0.2) is 18.4 Å². The summed E-state index contributed by atoms with van der Waals surface area (Å²) in [4.78, 5) is 27.4. The minimum Gasteiger partial charge on any atom is -0.477 e. The van der Waals surface area contributed by atoms with E-state index in [1.807, 2.05) is 18.5 Å². The van der Waals surface area contributed by atoms with Crippen molar-refractivity contribution >= 4 is 21.1 Å². The van der Waals surface area contributed by atoms with Crippen molar-refractivity contribution in [1.82, 2.24) is 33.9 Å². The van der Waals surface area contributed by atoms with Crippen molar-refractivity contribution in [2.75, 3.05) is 39.3 Å². The minimum absolute atomic E-state index is 0.0521. The Hall–Kier alpha value is -2.83. The first-order valence-corrected chi connectivity index (χ1v) is 15.1. The minimum atomic E-state index is -3.78. The van der Waals surface area contributed by atoms with Crippen molar-refractivity contribution in [1.29, 1.82) is 0 Å². The van der Waals surface area contributed by atoms with Crippen LogP contribution >= 0.6 is 0 Å². The van der Waals surface area contributed by atoms with E-state index in [1.54, 1.807) is 0 Å². The number of H-pyrrole nitrogens is 1. The number of aromatic amines is 1. The highest BCUT2D eigenvalue weighted by Gasteiger charge is 2.30. The Bertz CT molecular complexity index is 1450. The van der Waals surface area contributed by atoms with Gasteiger partial charge in [0.15, 0.2) is 5.52 Å². The summed E-state index contributed by atoms with van der Waals surface area (Å²) in [5.41, 5.74) is 1.71. The number of piperazine rings is 1. The monoisotopic (exact) mass is 543 g/mol. The van der Waals surface area contributed by atoms with Crippen molar-refractivity contribution in [3.05, 3.63) is 28.3 Å². The van der Waals surface area contributed by atoms with Crippen LogP contribution in [0.5, 0.6) is 5.88 Å². The number of aromatic nitrogens is 5. The average Bonchev–Trinajstić information content (AvgIpc) is 3.57. The van der Waals surface area contributed by atoms with Crippen LogP contribution in [0.15, 0.2) is 22.0 Å². The summed E-state index contributed by atoms with van der Waals surface area (Å²) < 4.78 is 36.2. The van der Waals surface area contributed by atoms with E-state index in [1.165, 1.54) is 42.3 Å². The van der Waals surface area contributed by atoms with E-state index in [4.69, 9.17) is 9.72 Å². The van der Waals surface area contributed by atoms with Gasteiger partial charge in [-0.2, -0.15) is 9.40 Å². The number of sulfonamides is 1. The fourth-order valence-electron chi connectivity index (χ4n) is 5.56. The number of aryl methyl sites for hydroxylation is 1. The maximum Gasteiger partial charge on any atom is 0.279 e. The molecule has 3 aromatic rings. The number of ether oxygens (including phenoxy) is 1. The van der Waals surface area contributed by atoms with Crippen LogP contribution < -0.4 is 10.3 Å². The van der Waals surface area contributed by atoms with Gasteiger partial charge < -0.3 is 14.6 Å². The van der Waals surface area contributed by atoms with Crippen molar-refractivity contribution in [2.45, 2.75) is 64.3 Å². The lowest BCUT2D eigenvalue weighted by Crippen LogP contribution is -2.48. The van der Waals surface area contributed by atoms with Gasteiger partial charge in [0.25, 0.3) is 5.56 Å². The van der Waals surface area contributed by atoms with Crippen LogP contribution in [0, 0.1) is 5.92 Å². The standard InChI is InChI=1S/C26H37N7O4S/c1-4-21-22-23(30-33(21)17-18-9-7-8-10-18)25(34)29-24(28-22)20-15-19(16-27-26(20)37-6-3)38(35,36)32-13-11-31(5-2)12-14-32/h15-16,18H,4-14,17H2,1-3H3,(H,28,29,34). The van der Waals surface area contributed by atoms with Crippen LogP contribution in [-0.2, 0) is 23.0 Å². The smallest absolute Gasteiger partial charge is 0.279 e. The summed E-state index contributed by atoms with van der Waals surface area (Å²) in [5.74, 6) is 1.01. The molecular formula is C26H37N7O4S. The first kappa shape index (κ1) is 26.8. The molecule has 0 amide bonds. The second-order valence-electron chi connectivity index (χ2n) is 10.0. The average molecular weight is 544 g/mol. The van der Waals surface area contributed by atoms with E-state index in [0.717, 1.165) is 18.8 Å². The number of hydrogen-bond acceptors (Lipinski definition) is 8. The topological polar surface area (TPSA) is 126 Å². The number of hydrogen-bond donors (Lipinski definition) is 1. The van der Waals surface area contributed by atoms with Gasteiger partial charge >= 0.3 is 0 Å². The molecule has 0 aromatic carbocycles. The Balaban J connectivity index is 1.56. The number of nitrogens with zero attached hydrogens (tertiary/aromatic N) is 6. The molecule has 1 N–H and O–H groups in total. The van der Waals surface area contributed by atoms with Crippen molar-refractivity contribution in [2.24, 2.45) is 5.92 Å². The first-order chi connectivity index (χ1) is 18.3. The van der Waals surface area contributed by atoms with Gasteiger partial charge in [0, 0.05) is 32.7 Å². The van der Waals surface area contributed by atoms with E-state index in [9.17, 15) is 13.2 Å². The van der Waals surface area contributed by atoms with Gasteiger partial charge in [0.1, 0.15) is 16.2 Å². The lowest BCUT2D eigenvalue weighted by molar-refractivity contribution is 0.196. The summed E-state index contributed by atoms with van der Waals surface area (Å²) in [6.45, 7) is 10.1. The second-order valence-corrected chi connectivity index (χ2v) is 12.0. The zero-order valence-electron chi connectivity index (χ0n) is 22.4. The van der Waals surface area contributed by atoms with Crippen LogP contribution in [0.4, 0.5) is 0 Å². The highest BCUT2D eigenvalue weighted by atomic mass is 32.2. The third-order valence-electron chi connectivity index (χ3n) is 7.72. The maximum atomic E-state index is 13.5. The summed E-state index contributed by atoms with van der Waals surface area (Å²) >= 11 is 0. The van der Waals surface area contributed by atoms with E-state index in [-0.39, 0.29) is 22.2 Å². The van der Waals surface area contributed by atoms with Gasteiger partial charge in [0.2, 0.25) is 15.9 Å². The van der Waals surface area contributed by atoms with Crippen LogP contribution in [0.3, 0.4) is 0 Å². The van der Waals surface area contributed by atoms with Crippen molar-refractivity contribution < 1.29 is 13.2 Å². The Morgan fingerprint density at radius 2 is 1.82 bits per heavy atom. The molecule has 12 heteroatoms. The Morgan fingerprint density at radius 3 is 2.47 bits per heavy atom. The second kappa shape index (κ2) is 11.1. The lowest BCUT2D eigenvalue weighted by Gasteiger charge is -2.33. The molecule has 0 radical (unpaired) electrons. The zero-order valence-corrected chi connectivity index (χ0v) is 23.3. The summed E-state index contributed by atoms with van der Waals surface area (Å²) in [7, 11) is -3.78. The molecular weight excluding hydrogens is 506 g/mol. The highest BCUT2D eigenvalue weighted by molar-refractivity contribution is 7.89. The Kier molecular flexibility index (Phi) is 7.83. The molecule has 2 aliphatic rings. The van der Waals surface area contributed by atoms with E-state index in [2.05, 4.69) is 26.9 Å². The van der Waals surface area contributed by atoms with Crippen LogP contribution in [0.2, 0.25) is 0 Å². The van der Waals surface area contributed by atoms with Crippen LogP contribution in [0.25, 0.3) is 22.4 Å². The molecule has 11 nitrogen and oxygen atoms in total. The van der Waals surface area contributed by atoms with Crippen LogP contribution in [-0.4, -0.2) is 81.7 Å². The van der Waals surface area contributed by atoms with Crippen molar-refractivity contribution in [3.63, 3.8) is 0 Å². The lowest BCUT2D eigenvalue weighted by atomic mass is 10.1. The molecule has 1 aliphatic carbocycles. The predicted octanol–water partition coefficient (Wildman–Crippen LogP) is 2.66. The molecule has 0 atom stereocenters. The molecule has 206 valence electrons. The molecule has 1 saturated carbocycles. The fraction of sp³-hybridized carbons (Fsp3) is 0.615. The van der Waals surface area contributed by atoms with E-state index < -0.39 is 10.0 Å². The van der Waals surface area contributed by atoms with Gasteiger partial charge in [-0.3, -0.25) is 9.48 Å². The molecule has 4 heterocycles.